The van der Waals surface area contributed by atoms with Crippen molar-refractivity contribution in [2.75, 3.05) is 7.05 Å². The van der Waals surface area contributed by atoms with E-state index in [1.165, 1.54) is 48.4 Å². The molecule has 0 aliphatic heterocycles. The SMILES string of the molecule is CCCCCCC(NC)c1cncc2ccccc12. The highest BCUT2D eigenvalue weighted by Crippen LogP contribution is 2.26. The summed E-state index contributed by atoms with van der Waals surface area (Å²) < 4.78 is 0. The molecule has 0 amide bonds. The smallest absolute Gasteiger partial charge is 0.0346 e. The lowest BCUT2D eigenvalue weighted by Gasteiger charge is -2.18. The number of hydrogen-bond donors (Lipinski definition) is 1. The molecule has 0 fully saturated rings. The van der Waals surface area contributed by atoms with Gasteiger partial charge in [-0.25, -0.2) is 0 Å². The summed E-state index contributed by atoms with van der Waals surface area (Å²) in [5.41, 5.74) is 1.33. The maximum atomic E-state index is 4.39. The van der Waals surface area contributed by atoms with Gasteiger partial charge in [-0.2, -0.15) is 0 Å². The molecule has 1 N–H and O–H groups in total. The molecule has 1 aromatic carbocycles. The molecule has 0 saturated heterocycles. The Kier molecular flexibility index (Phi) is 5.34. The third kappa shape index (κ3) is 3.54. The van der Waals surface area contributed by atoms with Crippen molar-refractivity contribution < 1.29 is 0 Å². The van der Waals surface area contributed by atoms with Crippen molar-refractivity contribution in [3.05, 3.63) is 42.2 Å². The molecule has 1 aromatic heterocycles. The Bertz CT molecular complexity index is 502. The lowest BCUT2D eigenvalue weighted by Crippen LogP contribution is -2.16. The minimum atomic E-state index is 0.412. The van der Waals surface area contributed by atoms with Gasteiger partial charge in [-0.1, -0.05) is 56.9 Å². The van der Waals surface area contributed by atoms with E-state index in [0.29, 0.717) is 6.04 Å². The monoisotopic (exact) mass is 256 g/mol. The number of nitrogens with zero attached hydrogens (tertiary/aromatic N) is 1. The number of unbranched alkanes of at least 4 members (excludes halogenated alkanes) is 3. The van der Waals surface area contributed by atoms with Crippen LogP contribution in [0.3, 0.4) is 0 Å². The number of nitrogens with one attached hydrogen (secondary N) is 1. The number of benzene rings is 1. The predicted octanol–water partition coefficient (Wildman–Crippen LogP) is 4.47. The van der Waals surface area contributed by atoms with Gasteiger partial charge in [0.05, 0.1) is 0 Å². The van der Waals surface area contributed by atoms with Gasteiger partial charge in [0.1, 0.15) is 0 Å². The Morgan fingerprint density at radius 1 is 1.11 bits per heavy atom. The van der Waals surface area contributed by atoms with Crippen LogP contribution in [0.4, 0.5) is 0 Å². The fourth-order valence-corrected chi connectivity index (χ4v) is 2.65. The summed E-state index contributed by atoms with van der Waals surface area (Å²) in [6.07, 6.45) is 10.4. The molecule has 1 unspecified atom stereocenters. The van der Waals surface area contributed by atoms with Crippen molar-refractivity contribution in [3.8, 4) is 0 Å². The molecule has 1 heterocycles. The number of rotatable bonds is 7. The zero-order valence-electron chi connectivity index (χ0n) is 12.0. The Morgan fingerprint density at radius 2 is 1.95 bits per heavy atom. The van der Waals surface area contributed by atoms with Crippen molar-refractivity contribution in [2.24, 2.45) is 0 Å². The maximum Gasteiger partial charge on any atom is 0.0346 e. The Morgan fingerprint density at radius 3 is 2.74 bits per heavy atom. The summed E-state index contributed by atoms with van der Waals surface area (Å²) in [4.78, 5) is 4.39. The summed E-state index contributed by atoms with van der Waals surface area (Å²) in [6.45, 7) is 2.25. The average Bonchev–Trinajstić information content (AvgIpc) is 2.47. The van der Waals surface area contributed by atoms with Crippen molar-refractivity contribution in [1.29, 1.82) is 0 Å². The molecular formula is C17H24N2. The maximum absolute atomic E-state index is 4.39. The van der Waals surface area contributed by atoms with E-state index < -0.39 is 0 Å². The Labute approximate surface area is 116 Å². The van der Waals surface area contributed by atoms with Gasteiger partial charge in [-0.15, -0.1) is 0 Å². The van der Waals surface area contributed by atoms with Crippen molar-refractivity contribution in [3.63, 3.8) is 0 Å². The molecule has 2 aromatic rings. The van der Waals surface area contributed by atoms with Crippen LogP contribution in [0.15, 0.2) is 36.7 Å². The van der Waals surface area contributed by atoms with Crippen molar-refractivity contribution in [2.45, 2.75) is 45.1 Å². The largest absolute Gasteiger partial charge is 0.313 e. The van der Waals surface area contributed by atoms with Gasteiger partial charge in [0.15, 0.2) is 0 Å². The lowest BCUT2D eigenvalue weighted by molar-refractivity contribution is 0.507. The van der Waals surface area contributed by atoms with Crippen LogP contribution in [0.1, 0.15) is 50.6 Å². The van der Waals surface area contributed by atoms with Gasteiger partial charge < -0.3 is 5.32 Å². The minimum absolute atomic E-state index is 0.412. The fourth-order valence-electron chi connectivity index (χ4n) is 2.65. The van der Waals surface area contributed by atoms with Crippen LogP contribution in [0.25, 0.3) is 10.8 Å². The van der Waals surface area contributed by atoms with Gasteiger partial charge in [0.2, 0.25) is 0 Å². The van der Waals surface area contributed by atoms with Crippen LogP contribution in [-0.2, 0) is 0 Å². The summed E-state index contributed by atoms with van der Waals surface area (Å²) in [5.74, 6) is 0. The number of hydrogen-bond acceptors (Lipinski definition) is 2. The second-order valence-electron chi connectivity index (χ2n) is 5.14. The van der Waals surface area contributed by atoms with Crippen LogP contribution in [0.5, 0.6) is 0 Å². The van der Waals surface area contributed by atoms with Crippen molar-refractivity contribution in [1.82, 2.24) is 10.3 Å². The van der Waals surface area contributed by atoms with Crippen LogP contribution in [0.2, 0.25) is 0 Å². The molecule has 102 valence electrons. The van der Waals surface area contributed by atoms with Crippen LogP contribution >= 0.6 is 0 Å². The molecular weight excluding hydrogens is 232 g/mol. The van der Waals surface area contributed by atoms with Gasteiger partial charge in [-0.3, -0.25) is 4.98 Å². The molecule has 2 rings (SSSR count). The number of pyridine rings is 1. The molecule has 0 radical (unpaired) electrons. The third-order valence-corrected chi connectivity index (χ3v) is 3.77. The third-order valence-electron chi connectivity index (χ3n) is 3.77. The second kappa shape index (κ2) is 7.25. The first kappa shape index (κ1) is 14.0. The van der Waals surface area contributed by atoms with Gasteiger partial charge in [0, 0.05) is 23.8 Å². The highest BCUT2D eigenvalue weighted by Gasteiger charge is 2.12. The van der Waals surface area contributed by atoms with E-state index >= 15 is 0 Å². The van der Waals surface area contributed by atoms with E-state index in [-0.39, 0.29) is 0 Å². The molecule has 0 aliphatic rings. The van der Waals surface area contributed by atoms with E-state index in [9.17, 15) is 0 Å². The van der Waals surface area contributed by atoms with Gasteiger partial charge in [0.25, 0.3) is 0 Å². The highest BCUT2D eigenvalue weighted by molar-refractivity contribution is 5.85. The zero-order chi connectivity index (χ0) is 13.5. The molecule has 0 spiro atoms. The summed E-state index contributed by atoms with van der Waals surface area (Å²) >= 11 is 0. The first-order valence-corrected chi connectivity index (χ1v) is 7.36. The average molecular weight is 256 g/mol. The van der Waals surface area contributed by atoms with E-state index in [1.807, 2.05) is 19.4 Å². The van der Waals surface area contributed by atoms with Crippen molar-refractivity contribution >= 4 is 10.8 Å². The van der Waals surface area contributed by atoms with E-state index in [4.69, 9.17) is 0 Å². The summed E-state index contributed by atoms with van der Waals surface area (Å²) in [5, 5.41) is 6.00. The topological polar surface area (TPSA) is 24.9 Å². The Balaban J connectivity index is 2.16. The normalized spacial score (nSPS) is 12.7. The molecule has 1 atom stereocenters. The molecule has 19 heavy (non-hydrogen) atoms. The molecule has 0 bridgehead atoms. The molecule has 0 saturated carbocycles. The fraction of sp³-hybridized carbons (Fsp3) is 0.471. The zero-order valence-corrected chi connectivity index (χ0v) is 12.0. The van der Waals surface area contributed by atoms with Crippen LogP contribution in [0, 0.1) is 0 Å². The summed E-state index contributed by atoms with van der Waals surface area (Å²) in [6, 6.07) is 8.92. The molecule has 2 heteroatoms. The standard InChI is InChI=1S/C17H24N2/c1-3-4-5-6-11-17(18-2)16-13-19-12-14-9-7-8-10-15(14)16/h7-10,12-13,17-18H,3-6,11H2,1-2H3. The highest BCUT2D eigenvalue weighted by atomic mass is 14.9. The first-order valence-electron chi connectivity index (χ1n) is 7.36. The van der Waals surface area contributed by atoms with E-state index in [1.54, 1.807) is 0 Å². The van der Waals surface area contributed by atoms with E-state index in [0.717, 1.165) is 0 Å². The second-order valence-corrected chi connectivity index (χ2v) is 5.14. The minimum Gasteiger partial charge on any atom is -0.313 e. The predicted molar refractivity (Wildman–Crippen MR) is 82.3 cm³/mol. The van der Waals surface area contributed by atoms with Gasteiger partial charge >= 0.3 is 0 Å². The lowest BCUT2D eigenvalue weighted by atomic mass is 9.97. The molecule has 0 aliphatic carbocycles. The first-order chi connectivity index (χ1) is 9.36. The van der Waals surface area contributed by atoms with Crippen LogP contribution in [-0.4, -0.2) is 12.0 Å². The van der Waals surface area contributed by atoms with Crippen LogP contribution < -0.4 is 5.32 Å². The number of aromatic nitrogens is 1. The quantitative estimate of drug-likeness (QED) is 0.739. The number of fused-ring (bicyclic) bond motifs is 1. The van der Waals surface area contributed by atoms with Gasteiger partial charge in [-0.05, 0) is 24.4 Å². The summed E-state index contributed by atoms with van der Waals surface area (Å²) in [7, 11) is 2.05. The van der Waals surface area contributed by atoms with E-state index in [2.05, 4.69) is 41.5 Å². The molecule has 2 nitrogen and oxygen atoms in total. The Hall–Kier alpha value is -1.41.